The smallest absolute Gasteiger partial charge is 0.162 e. The molecule has 0 aromatic heterocycles. The van der Waals surface area contributed by atoms with Gasteiger partial charge in [0, 0.05) is 12.5 Å². The van der Waals surface area contributed by atoms with E-state index in [1.807, 2.05) is 0 Å². The van der Waals surface area contributed by atoms with Crippen molar-refractivity contribution in [3.05, 3.63) is 12.2 Å². The lowest BCUT2D eigenvalue weighted by molar-refractivity contribution is -0.127. The van der Waals surface area contributed by atoms with E-state index in [4.69, 9.17) is 5.73 Å². The van der Waals surface area contributed by atoms with Crippen molar-refractivity contribution in [2.75, 3.05) is 6.54 Å². The van der Waals surface area contributed by atoms with Crippen LogP contribution < -0.4 is 5.73 Å². The zero-order valence-electron chi connectivity index (χ0n) is 5.54. The Labute approximate surface area is 58.9 Å². The number of hydrogen-bond donors (Lipinski definition) is 1. The van der Waals surface area contributed by atoms with E-state index in [9.17, 15) is 9.59 Å². The molecule has 1 aliphatic rings. The van der Waals surface area contributed by atoms with Gasteiger partial charge in [0.1, 0.15) is 5.78 Å². The molecule has 0 radical (unpaired) electrons. The normalized spacial score (nSPS) is 25.5. The molecule has 0 amide bonds. The molecule has 0 aliphatic heterocycles. The third-order valence-corrected chi connectivity index (χ3v) is 1.53. The lowest BCUT2D eigenvalue weighted by Crippen LogP contribution is -2.26. The van der Waals surface area contributed by atoms with Gasteiger partial charge in [0.05, 0.1) is 6.42 Å². The van der Waals surface area contributed by atoms with Crippen molar-refractivity contribution in [3.8, 4) is 0 Å². The Morgan fingerprint density at radius 1 is 1.60 bits per heavy atom. The molecule has 0 spiro atoms. The third kappa shape index (κ3) is 1.30. The van der Waals surface area contributed by atoms with Crippen LogP contribution in [0.15, 0.2) is 12.2 Å². The van der Waals surface area contributed by atoms with Crippen LogP contribution in [0.1, 0.15) is 6.42 Å². The van der Waals surface area contributed by atoms with Gasteiger partial charge in [-0.3, -0.25) is 9.59 Å². The molecular formula is C7H9NO2. The molecule has 0 bridgehead atoms. The highest BCUT2D eigenvalue weighted by atomic mass is 16.1. The number of rotatable bonds is 1. The third-order valence-electron chi connectivity index (χ3n) is 1.53. The Kier molecular flexibility index (Phi) is 1.97. The topological polar surface area (TPSA) is 60.2 Å². The monoisotopic (exact) mass is 139 g/mol. The molecule has 0 aromatic carbocycles. The molecule has 54 valence electrons. The van der Waals surface area contributed by atoms with Crippen molar-refractivity contribution in [2.45, 2.75) is 6.42 Å². The van der Waals surface area contributed by atoms with Gasteiger partial charge in [-0.15, -0.1) is 0 Å². The number of hydrogen-bond acceptors (Lipinski definition) is 3. The Bertz CT molecular complexity index is 196. The van der Waals surface area contributed by atoms with Crippen LogP contribution in [0.4, 0.5) is 0 Å². The van der Waals surface area contributed by atoms with Gasteiger partial charge in [-0.2, -0.15) is 0 Å². The largest absolute Gasteiger partial charge is 0.329 e. The van der Waals surface area contributed by atoms with Gasteiger partial charge in [-0.05, 0) is 6.08 Å². The number of allylic oxidation sites excluding steroid dienone is 1. The molecule has 1 unspecified atom stereocenters. The molecule has 1 rings (SSSR count). The van der Waals surface area contributed by atoms with Crippen LogP contribution in [0.5, 0.6) is 0 Å². The van der Waals surface area contributed by atoms with Gasteiger partial charge in [0.15, 0.2) is 5.78 Å². The number of Topliss-reactive ketones (excluding diaryl/α,β-unsaturated/α-hetero) is 1. The summed E-state index contributed by atoms with van der Waals surface area (Å²) in [6, 6.07) is 0. The molecule has 3 heteroatoms. The molecule has 2 N–H and O–H groups in total. The van der Waals surface area contributed by atoms with Crippen molar-refractivity contribution >= 4 is 11.6 Å². The first-order chi connectivity index (χ1) is 4.74. The van der Waals surface area contributed by atoms with E-state index in [-0.39, 0.29) is 23.9 Å². The van der Waals surface area contributed by atoms with Crippen LogP contribution in [0.3, 0.4) is 0 Å². The molecule has 1 aliphatic carbocycles. The zero-order valence-corrected chi connectivity index (χ0v) is 5.54. The Morgan fingerprint density at radius 3 is 2.80 bits per heavy atom. The van der Waals surface area contributed by atoms with E-state index >= 15 is 0 Å². The number of carbonyl (C=O) groups excluding carboxylic acids is 2. The molecule has 0 fully saturated rings. The molecular weight excluding hydrogens is 130 g/mol. The highest BCUT2D eigenvalue weighted by Crippen LogP contribution is 2.08. The van der Waals surface area contributed by atoms with Crippen LogP contribution in [0, 0.1) is 5.92 Å². The quantitative estimate of drug-likeness (QED) is 0.505. The van der Waals surface area contributed by atoms with E-state index in [1.165, 1.54) is 6.08 Å². The lowest BCUT2D eigenvalue weighted by Gasteiger charge is -2.10. The molecule has 0 aromatic rings. The number of carbonyl (C=O) groups is 2. The van der Waals surface area contributed by atoms with Crippen molar-refractivity contribution in [1.29, 1.82) is 0 Å². The minimum atomic E-state index is -0.224. The number of nitrogens with two attached hydrogens (primary N) is 1. The average Bonchev–Trinajstić information content (AvgIpc) is 1.88. The van der Waals surface area contributed by atoms with Crippen molar-refractivity contribution in [3.63, 3.8) is 0 Å². The summed E-state index contributed by atoms with van der Waals surface area (Å²) in [4.78, 5) is 21.5. The summed E-state index contributed by atoms with van der Waals surface area (Å²) in [7, 11) is 0. The maximum Gasteiger partial charge on any atom is 0.162 e. The molecule has 1 atom stereocenters. The average molecular weight is 139 g/mol. The fourth-order valence-electron chi connectivity index (χ4n) is 0.903. The van der Waals surface area contributed by atoms with E-state index in [1.54, 1.807) is 6.08 Å². The molecule has 0 heterocycles. The van der Waals surface area contributed by atoms with E-state index in [2.05, 4.69) is 0 Å². The summed E-state index contributed by atoms with van der Waals surface area (Å²) in [5.74, 6) is -0.401. The second-order valence-electron chi connectivity index (χ2n) is 2.31. The Hall–Kier alpha value is -0.960. The minimum Gasteiger partial charge on any atom is -0.329 e. The Balaban J connectivity index is 2.71. The fraction of sp³-hybridized carbons (Fsp3) is 0.429. The van der Waals surface area contributed by atoms with E-state index in [0.29, 0.717) is 6.54 Å². The van der Waals surface area contributed by atoms with E-state index < -0.39 is 0 Å². The second kappa shape index (κ2) is 2.75. The second-order valence-corrected chi connectivity index (χ2v) is 2.31. The highest BCUT2D eigenvalue weighted by Gasteiger charge is 2.20. The predicted molar refractivity (Wildman–Crippen MR) is 36.3 cm³/mol. The standard InChI is InChI=1S/C7H9NO2/c8-4-5-1-2-6(9)3-7(5)10/h1-2,5H,3-4,8H2. The van der Waals surface area contributed by atoms with Crippen LogP contribution in [-0.2, 0) is 9.59 Å². The lowest BCUT2D eigenvalue weighted by atomic mass is 9.94. The first-order valence-electron chi connectivity index (χ1n) is 3.18. The first-order valence-corrected chi connectivity index (χ1v) is 3.18. The summed E-state index contributed by atoms with van der Waals surface area (Å²) < 4.78 is 0. The Morgan fingerprint density at radius 2 is 2.30 bits per heavy atom. The summed E-state index contributed by atoms with van der Waals surface area (Å²) in [5.41, 5.74) is 5.26. The molecule has 3 nitrogen and oxygen atoms in total. The summed E-state index contributed by atoms with van der Waals surface area (Å²) in [5, 5.41) is 0. The van der Waals surface area contributed by atoms with E-state index in [0.717, 1.165) is 0 Å². The van der Waals surface area contributed by atoms with Crippen molar-refractivity contribution in [1.82, 2.24) is 0 Å². The van der Waals surface area contributed by atoms with Crippen LogP contribution in [0.25, 0.3) is 0 Å². The van der Waals surface area contributed by atoms with Gasteiger partial charge >= 0.3 is 0 Å². The van der Waals surface area contributed by atoms with Crippen LogP contribution in [-0.4, -0.2) is 18.1 Å². The van der Waals surface area contributed by atoms with Crippen molar-refractivity contribution < 1.29 is 9.59 Å². The highest BCUT2D eigenvalue weighted by molar-refractivity contribution is 6.08. The van der Waals surface area contributed by atoms with Gasteiger partial charge in [-0.25, -0.2) is 0 Å². The first kappa shape index (κ1) is 7.15. The van der Waals surface area contributed by atoms with Crippen LogP contribution >= 0.6 is 0 Å². The molecule has 0 saturated carbocycles. The van der Waals surface area contributed by atoms with Gasteiger partial charge in [0.2, 0.25) is 0 Å². The summed E-state index contributed by atoms with van der Waals surface area (Å²) >= 11 is 0. The minimum absolute atomic E-state index is 0.0262. The van der Waals surface area contributed by atoms with Gasteiger partial charge < -0.3 is 5.73 Å². The van der Waals surface area contributed by atoms with Crippen LogP contribution in [0.2, 0.25) is 0 Å². The fourth-order valence-corrected chi connectivity index (χ4v) is 0.903. The maximum absolute atomic E-state index is 10.9. The maximum atomic E-state index is 10.9. The predicted octanol–water partition coefficient (Wildman–Crippen LogP) is -0.341. The summed E-state index contributed by atoms with van der Waals surface area (Å²) in [6.07, 6.45) is 3.03. The SMILES string of the molecule is NCC1C=CC(=O)CC1=O. The van der Waals surface area contributed by atoms with Crippen molar-refractivity contribution in [2.24, 2.45) is 11.7 Å². The molecule has 0 saturated heterocycles. The zero-order chi connectivity index (χ0) is 7.56. The number of ketones is 2. The van der Waals surface area contributed by atoms with Gasteiger partial charge in [0.25, 0.3) is 0 Å². The molecule has 10 heavy (non-hydrogen) atoms. The van der Waals surface area contributed by atoms with Gasteiger partial charge in [-0.1, -0.05) is 6.08 Å². The summed E-state index contributed by atoms with van der Waals surface area (Å²) in [6.45, 7) is 0.308.